The number of amides is 2. The fourth-order valence-electron chi connectivity index (χ4n) is 5.88. The van der Waals surface area contributed by atoms with Gasteiger partial charge in [-0.05, 0) is 73.4 Å². The number of methoxy groups -OCH3 is 1. The molecule has 0 aromatic heterocycles. The minimum atomic E-state index is -4.30. The number of hydrogen-bond donors (Lipinski definition) is 1. The minimum Gasteiger partial charge on any atom is -0.495 e. The highest BCUT2D eigenvalue weighted by Crippen LogP contribution is 2.32. The van der Waals surface area contributed by atoms with Gasteiger partial charge in [-0.1, -0.05) is 84.6 Å². The quantitative estimate of drug-likeness (QED) is 0.169. The van der Waals surface area contributed by atoms with E-state index in [-0.39, 0.29) is 40.5 Å². The van der Waals surface area contributed by atoms with Gasteiger partial charge in [0.05, 0.1) is 22.7 Å². The molecular formula is C37H39ClFN3O5S. The highest BCUT2D eigenvalue weighted by atomic mass is 35.5. The monoisotopic (exact) mass is 691 g/mol. The van der Waals surface area contributed by atoms with E-state index in [1.54, 1.807) is 24.3 Å². The standard InChI is InChI=1S/C37H39ClFN3O5S/c1-26-12-19-32(20-13-26)48(45,46)42(31-18-21-35(47-2)33(38)23-31)25-36(43)41(24-28-14-16-29(39)17-15-28)34(22-27-8-4-3-5-9-27)37(44)40-30-10-6-7-11-30/h3-5,8-9,12-21,23,30,34H,6-7,10-11,22,24-25H2,1-2H3,(H,40,44). The Morgan fingerprint density at radius 1 is 0.938 bits per heavy atom. The number of nitrogens with one attached hydrogen (secondary N) is 1. The number of anilines is 1. The largest absolute Gasteiger partial charge is 0.495 e. The molecule has 0 radical (unpaired) electrons. The maximum atomic E-state index is 14.6. The van der Waals surface area contributed by atoms with Crippen molar-refractivity contribution in [2.24, 2.45) is 0 Å². The van der Waals surface area contributed by atoms with Crippen molar-refractivity contribution >= 4 is 39.1 Å². The number of benzene rings is 4. The number of sulfonamides is 1. The van der Waals surface area contributed by atoms with Crippen LogP contribution in [0.15, 0.2) is 102 Å². The summed E-state index contributed by atoms with van der Waals surface area (Å²) in [4.78, 5) is 30.1. The molecule has 1 saturated carbocycles. The summed E-state index contributed by atoms with van der Waals surface area (Å²) in [6, 6.07) is 24.8. The van der Waals surface area contributed by atoms with Gasteiger partial charge in [0, 0.05) is 19.0 Å². The third-order valence-electron chi connectivity index (χ3n) is 8.55. The van der Waals surface area contributed by atoms with Gasteiger partial charge in [-0.3, -0.25) is 13.9 Å². The highest BCUT2D eigenvalue weighted by Gasteiger charge is 2.35. The van der Waals surface area contributed by atoms with Crippen LogP contribution in [-0.4, -0.2) is 50.9 Å². The Labute approximate surface area is 286 Å². The van der Waals surface area contributed by atoms with Gasteiger partial charge in [0.15, 0.2) is 0 Å². The molecule has 2 amide bonds. The van der Waals surface area contributed by atoms with Crippen molar-refractivity contribution in [3.05, 3.63) is 125 Å². The molecule has 0 heterocycles. The normalized spacial score (nSPS) is 13.9. The maximum Gasteiger partial charge on any atom is 0.264 e. The molecule has 0 saturated heterocycles. The van der Waals surface area contributed by atoms with E-state index in [9.17, 15) is 22.4 Å². The third kappa shape index (κ3) is 8.54. The predicted molar refractivity (Wildman–Crippen MR) is 185 cm³/mol. The maximum absolute atomic E-state index is 14.6. The van der Waals surface area contributed by atoms with Gasteiger partial charge in [-0.2, -0.15) is 0 Å². The van der Waals surface area contributed by atoms with Crippen LogP contribution in [-0.2, 0) is 32.6 Å². The van der Waals surface area contributed by atoms with Crippen molar-refractivity contribution in [3.63, 3.8) is 0 Å². The minimum absolute atomic E-state index is 0.0154. The number of halogens is 2. The lowest BCUT2D eigenvalue weighted by Crippen LogP contribution is -2.54. The SMILES string of the molecule is COc1ccc(N(CC(=O)N(Cc2ccc(F)cc2)C(Cc2ccccc2)C(=O)NC2CCCC2)S(=O)(=O)c2ccc(C)cc2)cc1Cl. The Kier molecular flexibility index (Phi) is 11.4. The first-order valence-corrected chi connectivity index (χ1v) is 17.7. The molecule has 1 unspecified atom stereocenters. The number of carbonyl (C=O) groups is 2. The van der Waals surface area contributed by atoms with Crippen LogP contribution in [0.5, 0.6) is 5.75 Å². The molecule has 0 spiro atoms. The van der Waals surface area contributed by atoms with E-state index < -0.39 is 34.3 Å². The van der Waals surface area contributed by atoms with E-state index in [0.717, 1.165) is 41.1 Å². The number of ether oxygens (including phenoxy) is 1. The molecule has 252 valence electrons. The molecule has 8 nitrogen and oxygen atoms in total. The first-order valence-electron chi connectivity index (χ1n) is 15.9. The number of carbonyl (C=O) groups excluding carboxylic acids is 2. The van der Waals surface area contributed by atoms with E-state index in [1.165, 1.54) is 54.5 Å². The van der Waals surface area contributed by atoms with Gasteiger partial charge in [-0.25, -0.2) is 12.8 Å². The lowest BCUT2D eigenvalue weighted by Gasteiger charge is -2.34. The van der Waals surface area contributed by atoms with Gasteiger partial charge in [0.1, 0.15) is 24.2 Å². The zero-order valence-electron chi connectivity index (χ0n) is 26.9. The van der Waals surface area contributed by atoms with E-state index in [1.807, 2.05) is 37.3 Å². The molecule has 48 heavy (non-hydrogen) atoms. The smallest absolute Gasteiger partial charge is 0.264 e. The van der Waals surface area contributed by atoms with Crippen molar-refractivity contribution in [1.82, 2.24) is 10.2 Å². The fourth-order valence-corrected chi connectivity index (χ4v) is 7.54. The first-order chi connectivity index (χ1) is 23.0. The van der Waals surface area contributed by atoms with Gasteiger partial charge < -0.3 is 15.0 Å². The Morgan fingerprint density at radius 3 is 2.23 bits per heavy atom. The van der Waals surface area contributed by atoms with Gasteiger partial charge in [0.25, 0.3) is 10.0 Å². The average molecular weight is 692 g/mol. The molecule has 11 heteroatoms. The average Bonchev–Trinajstić information content (AvgIpc) is 3.59. The third-order valence-corrected chi connectivity index (χ3v) is 10.6. The Morgan fingerprint density at radius 2 is 1.60 bits per heavy atom. The Balaban J connectivity index is 1.58. The van der Waals surface area contributed by atoms with Crippen molar-refractivity contribution in [2.75, 3.05) is 18.0 Å². The van der Waals surface area contributed by atoms with Crippen molar-refractivity contribution in [1.29, 1.82) is 0 Å². The lowest BCUT2D eigenvalue weighted by molar-refractivity contribution is -0.140. The second kappa shape index (κ2) is 15.7. The number of rotatable bonds is 13. The first kappa shape index (κ1) is 34.9. The van der Waals surface area contributed by atoms with Crippen molar-refractivity contribution < 1.29 is 27.1 Å². The number of nitrogens with zero attached hydrogens (tertiary/aromatic N) is 2. The summed E-state index contributed by atoms with van der Waals surface area (Å²) in [5.74, 6) is -1.06. The summed E-state index contributed by atoms with van der Waals surface area (Å²) in [5.41, 5.74) is 2.42. The van der Waals surface area contributed by atoms with Crippen LogP contribution in [0.2, 0.25) is 5.02 Å². The summed E-state index contributed by atoms with van der Waals surface area (Å²) in [6.07, 6.45) is 3.88. The summed E-state index contributed by atoms with van der Waals surface area (Å²) in [7, 11) is -2.86. The topological polar surface area (TPSA) is 96.0 Å². The molecule has 5 rings (SSSR count). The van der Waals surface area contributed by atoms with Crippen LogP contribution in [0.25, 0.3) is 0 Å². The van der Waals surface area contributed by atoms with Crippen LogP contribution in [0.1, 0.15) is 42.4 Å². The van der Waals surface area contributed by atoms with Crippen molar-refractivity contribution in [3.8, 4) is 5.75 Å². The summed E-state index contributed by atoms with van der Waals surface area (Å²) < 4.78 is 48.7. The van der Waals surface area contributed by atoms with Crippen LogP contribution >= 0.6 is 11.6 Å². The zero-order valence-corrected chi connectivity index (χ0v) is 28.5. The van der Waals surface area contributed by atoms with Crippen LogP contribution in [0.4, 0.5) is 10.1 Å². The summed E-state index contributed by atoms with van der Waals surface area (Å²) in [6.45, 7) is 1.15. The molecule has 0 aliphatic heterocycles. The second-order valence-electron chi connectivity index (χ2n) is 12.0. The molecule has 4 aromatic rings. The highest BCUT2D eigenvalue weighted by molar-refractivity contribution is 7.92. The Hall–Kier alpha value is -4.41. The molecule has 1 aliphatic carbocycles. The molecule has 0 bridgehead atoms. The van der Waals surface area contributed by atoms with Crippen LogP contribution < -0.4 is 14.4 Å². The predicted octanol–water partition coefficient (Wildman–Crippen LogP) is 6.69. The van der Waals surface area contributed by atoms with E-state index in [0.29, 0.717) is 11.3 Å². The van der Waals surface area contributed by atoms with Gasteiger partial charge in [-0.15, -0.1) is 0 Å². The molecule has 1 fully saturated rings. The van der Waals surface area contributed by atoms with E-state index in [4.69, 9.17) is 16.3 Å². The number of aryl methyl sites for hydroxylation is 1. The zero-order chi connectivity index (χ0) is 34.3. The lowest BCUT2D eigenvalue weighted by atomic mass is 10.0. The van der Waals surface area contributed by atoms with E-state index in [2.05, 4.69) is 5.32 Å². The Bertz CT molecular complexity index is 1820. The van der Waals surface area contributed by atoms with Crippen LogP contribution in [0, 0.1) is 12.7 Å². The molecule has 1 N–H and O–H groups in total. The van der Waals surface area contributed by atoms with Gasteiger partial charge in [0.2, 0.25) is 11.8 Å². The molecular weight excluding hydrogens is 653 g/mol. The number of hydrogen-bond acceptors (Lipinski definition) is 5. The molecule has 1 atom stereocenters. The fraction of sp³-hybridized carbons (Fsp3) is 0.297. The van der Waals surface area contributed by atoms with Gasteiger partial charge >= 0.3 is 0 Å². The summed E-state index contributed by atoms with van der Waals surface area (Å²) in [5, 5.41) is 3.30. The summed E-state index contributed by atoms with van der Waals surface area (Å²) >= 11 is 6.45. The van der Waals surface area contributed by atoms with E-state index >= 15 is 0 Å². The second-order valence-corrected chi connectivity index (χ2v) is 14.3. The molecule has 1 aliphatic rings. The van der Waals surface area contributed by atoms with Crippen LogP contribution in [0.3, 0.4) is 0 Å². The molecule has 4 aromatic carbocycles. The van der Waals surface area contributed by atoms with Crippen molar-refractivity contribution in [2.45, 2.75) is 62.6 Å².